The lowest BCUT2D eigenvalue weighted by atomic mass is 10.1. The molecule has 1 atom stereocenters. The Bertz CT molecular complexity index is 942. The molecule has 0 radical (unpaired) electrons. The Labute approximate surface area is 176 Å². The van der Waals surface area contributed by atoms with Gasteiger partial charge in [0.15, 0.2) is 11.9 Å². The molecule has 30 heavy (non-hydrogen) atoms. The molecule has 0 spiro atoms. The van der Waals surface area contributed by atoms with Crippen LogP contribution in [0.5, 0.6) is 0 Å². The standard InChI is InChI=1S/C21H19ClF3NO4/c1-12-3-5-14(6-4-12)18(27)9-10-19(28)30-13(2)20(29)26-17-8-7-15(22)11-16(17)21(23,24)25/h3-8,11,13H,9-10H2,1-2H3,(H,26,29). The van der Waals surface area contributed by atoms with Gasteiger partial charge in [-0.2, -0.15) is 13.2 Å². The fourth-order valence-electron chi connectivity index (χ4n) is 2.50. The van der Waals surface area contributed by atoms with Gasteiger partial charge in [-0.1, -0.05) is 41.4 Å². The summed E-state index contributed by atoms with van der Waals surface area (Å²) in [5.74, 6) is -2.02. The second kappa shape index (κ2) is 9.75. The number of hydrogen-bond acceptors (Lipinski definition) is 4. The van der Waals surface area contributed by atoms with Crippen LogP contribution in [0.15, 0.2) is 42.5 Å². The lowest BCUT2D eigenvalue weighted by Gasteiger charge is -2.17. The number of amides is 1. The first-order valence-electron chi connectivity index (χ1n) is 8.94. The van der Waals surface area contributed by atoms with Crippen LogP contribution in [-0.4, -0.2) is 23.8 Å². The Morgan fingerprint density at radius 3 is 2.30 bits per heavy atom. The Kier molecular flexibility index (Phi) is 7.61. The summed E-state index contributed by atoms with van der Waals surface area (Å²) in [6.45, 7) is 3.10. The summed E-state index contributed by atoms with van der Waals surface area (Å²) in [4.78, 5) is 36.1. The number of esters is 1. The summed E-state index contributed by atoms with van der Waals surface area (Å²) in [5.41, 5.74) is -0.193. The zero-order chi connectivity index (χ0) is 22.5. The minimum atomic E-state index is -4.73. The number of alkyl halides is 3. The van der Waals surface area contributed by atoms with Crippen molar-refractivity contribution in [1.82, 2.24) is 0 Å². The first-order chi connectivity index (χ1) is 14.0. The predicted molar refractivity (Wildman–Crippen MR) is 105 cm³/mol. The van der Waals surface area contributed by atoms with Crippen LogP contribution < -0.4 is 5.32 Å². The molecule has 0 aromatic heterocycles. The van der Waals surface area contributed by atoms with Gasteiger partial charge in [-0.3, -0.25) is 14.4 Å². The number of benzene rings is 2. The molecule has 2 rings (SSSR count). The number of ether oxygens (including phenoxy) is 1. The average molecular weight is 442 g/mol. The highest BCUT2D eigenvalue weighted by Crippen LogP contribution is 2.36. The van der Waals surface area contributed by atoms with Gasteiger partial charge in [0, 0.05) is 17.0 Å². The van der Waals surface area contributed by atoms with Crippen LogP contribution in [0.4, 0.5) is 18.9 Å². The Morgan fingerprint density at radius 2 is 1.70 bits per heavy atom. The van der Waals surface area contributed by atoms with Gasteiger partial charge in [0.2, 0.25) is 0 Å². The lowest BCUT2D eigenvalue weighted by molar-refractivity contribution is -0.153. The molecule has 0 fully saturated rings. The van der Waals surface area contributed by atoms with Gasteiger partial charge >= 0.3 is 12.1 Å². The number of carbonyl (C=O) groups is 3. The molecule has 0 saturated heterocycles. The van der Waals surface area contributed by atoms with Crippen molar-refractivity contribution in [1.29, 1.82) is 0 Å². The molecule has 0 bridgehead atoms. The third kappa shape index (κ3) is 6.59. The van der Waals surface area contributed by atoms with E-state index in [2.05, 4.69) is 5.32 Å². The zero-order valence-electron chi connectivity index (χ0n) is 16.2. The number of rotatable bonds is 7. The summed E-state index contributed by atoms with van der Waals surface area (Å²) in [5, 5.41) is 1.94. The van der Waals surface area contributed by atoms with Crippen LogP contribution in [0, 0.1) is 6.92 Å². The van der Waals surface area contributed by atoms with Crippen molar-refractivity contribution < 1.29 is 32.3 Å². The summed E-state index contributed by atoms with van der Waals surface area (Å²) in [6, 6.07) is 9.71. The molecule has 5 nitrogen and oxygen atoms in total. The van der Waals surface area contributed by atoms with Crippen LogP contribution in [0.25, 0.3) is 0 Å². The highest BCUT2D eigenvalue weighted by molar-refractivity contribution is 6.30. The lowest BCUT2D eigenvalue weighted by Crippen LogP contribution is -2.30. The molecule has 0 saturated carbocycles. The van der Waals surface area contributed by atoms with Crippen molar-refractivity contribution >= 4 is 34.9 Å². The van der Waals surface area contributed by atoms with Crippen molar-refractivity contribution in [3.8, 4) is 0 Å². The number of carbonyl (C=O) groups excluding carboxylic acids is 3. The first-order valence-corrected chi connectivity index (χ1v) is 9.32. The van der Waals surface area contributed by atoms with Crippen LogP contribution >= 0.6 is 11.6 Å². The second-order valence-corrected chi connectivity index (χ2v) is 7.03. The van der Waals surface area contributed by atoms with Crippen molar-refractivity contribution in [2.75, 3.05) is 5.32 Å². The molecular formula is C21H19ClF3NO4. The van der Waals surface area contributed by atoms with E-state index < -0.39 is 35.4 Å². The molecule has 0 aliphatic carbocycles. The molecule has 0 aliphatic rings. The van der Waals surface area contributed by atoms with E-state index in [0.29, 0.717) is 11.6 Å². The maximum atomic E-state index is 13.1. The zero-order valence-corrected chi connectivity index (χ0v) is 16.9. The molecule has 1 unspecified atom stereocenters. The molecule has 2 aromatic rings. The van der Waals surface area contributed by atoms with E-state index >= 15 is 0 Å². The molecule has 0 heterocycles. The average Bonchev–Trinajstić information content (AvgIpc) is 2.67. The van der Waals surface area contributed by atoms with Crippen molar-refractivity contribution in [2.24, 2.45) is 0 Å². The Balaban J connectivity index is 1.92. The van der Waals surface area contributed by atoms with E-state index in [9.17, 15) is 27.6 Å². The topological polar surface area (TPSA) is 72.5 Å². The van der Waals surface area contributed by atoms with Gasteiger partial charge in [-0.05, 0) is 32.0 Å². The van der Waals surface area contributed by atoms with Gasteiger partial charge in [0.1, 0.15) is 0 Å². The SMILES string of the molecule is Cc1ccc(C(=O)CCC(=O)OC(C)C(=O)Nc2ccc(Cl)cc2C(F)(F)F)cc1. The summed E-state index contributed by atoms with van der Waals surface area (Å²) >= 11 is 5.59. The monoisotopic (exact) mass is 441 g/mol. The van der Waals surface area contributed by atoms with E-state index in [1.165, 1.54) is 13.0 Å². The molecule has 1 N–H and O–H groups in total. The van der Waals surface area contributed by atoms with Crippen LogP contribution in [0.3, 0.4) is 0 Å². The summed E-state index contributed by atoms with van der Waals surface area (Å²) in [7, 11) is 0. The number of anilines is 1. The van der Waals surface area contributed by atoms with E-state index in [4.69, 9.17) is 16.3 Å². The van der Waals surface area contributed by atoms with Crippen molar-refractivity contribution in [3.05, 3.63) is 64.2 Å². The fourth-order valence-corrected chi connectivity index (χ4v) is 2.68. The largest absolute Gasteiger partial charge is 0.453 e. The number of hydrogen-bond donors (Lipinski definition) is 1. The maximum Gasteiger partial charge on any atom is 0.418 e. The second-order valence-electron chi connectivity index (χ2n) is 6.60. The fraction of sp³-hybridized carbons (Fsp3) is 0.286. The minimum Gasteiger partial charge on any atom is -0.453 e. The molecule has 9 heteroatoms. The number of ketones is 1. The summed E-state index contributed by atoms with van der Waals surface area (Å²) < 4.78 is 44.2. The Morgan fingerprint density at radius 1 is 1.07 bits per heavy atom. The quantitative estimate of drug-likeness (QED) is 0.473. The number of nitrogens with one attached hydrogen (secondary N) is 1. The normalized spacial score (nSPS) is 12.2. The first kappa shape index (κ1) is 23.4. The smallest absolute Gasteiger partial charge is 0.418 e. The number of aryl methyl sites for hydroxylation is 1. The van der Waals surface area contributed by atoms with Crippen molar-refractivity contribution in [2.45, 2.75) is 39.0 Å². The van der Waals surface area contributed by atoms with E-state index in [1.807, 2.05) is 6.92 Å². The number of halogens is 4. The van der Waals surface area contributed by atoms with Crippen molar-refractivity contribution in [3.63, 3.8) is 0 Å². The molecule has 0 aliphatic heterocycles. The predicted octanol–water partition coefficient (Wildman–Crippen LogP) is 5.20. The van der Waals surface area contributed by atoms with Gasteiger partial charge in [-0.25, -0.2) is 0 Å². The maximum absolute atomic E-state index is 13.1. The number of Topliss-reactive ketones (excluding diaryl/α,β-unsaturated/α-hetero) is 1. The van der Waals surface area contributed by atoms with Crippen LogP contribution in [0.1, 0.15) is 41.3 Å². The highest BCUT2D eigenvalue weighted by atomic mass is 35.5. The molecule has 2 aromatic carbocycles. The van der Waals surface area contributed by atoms with Gasteiger partial charge in [0.05, 0.1) is 17.7 Å². The van der Waals surface area contributed by atoms with E-state index in [-0.39, 0.29) is 23.6 Å². The van der Waals surface area contributed by atoms with E-state index in [1.54, 1.807) is 24.3 Å². The highest BCUT2D eigenvalue weighted by Gasteiger charge is 2.34. The third-order valence-electron chi connectivity index (χ3n) is 4.15. The van der Waals surface area contributed by atoms with E-state index in [0.717, 1.165) is 11.6 Å². The minimum absolute atomic E-state index is 0.119. The Hall–Kier alpha value is -2.87. The van der Waals surface area contributed by atoms with Crippen LogP contribution in [-0.2, 0) is 20.5 Å². The molecular weight excluding hydrogens is 423 g/mol. The van der Waals surface area contributed by atoms with Crippen LogP contribution in [0.2, 0.25) is 5.02 Å². The van der Waals surface area contributed by atoms with Gasteiger partial charge < -0.3 is 10.1 Å². The van der Waals surface area contributed by atoms with Gasteiger partial charge in [0.25, 0.3) is 5.91 Å². The molecule has 1 amide bonds. The van der Waals surface area contributed by atoms with Gasteiger partial charge in [-0.15, -0.1) is 0 Å². The third-order valence-corrected chi connectivity index (χ3v) is 4.39. The summed E-state index contributed by atoms with van der Waals surface area (Å²) in [6.07, 6.45) is -6.47. The molecule has 160 valence electrons.